The highest BCUT2D eigenvalue weighted by molar-refractivity contribution is 9.11. The van der Waals surface area contributed by atoms with Gasteiger partial charge < -0.3 is 19.3 Å². The van der Waals surface area contributed by atoms with Crippen LogP contribution in [0.1, 0.15) is 15.9 Å². The third-order valence-corrected chi connectivity index (χ3v) is 4.43. The first-order valence-electron chi connectivity index (χ1n) is 6.98. The molecule has 0 unspecified atom stereocenters. The van der Waals surface area contributed by atoms with E-state index in [4.69, 9.17) is 14.2 Å². The number of hydrogen-bond acceptors (Lipinski definition) is 6. The minimum atomic E-state index is -0.560. The van der Waals surface area contributed by atoms with E-state index in [0.29, 0.717) is 31.8 Å². The quantitative estimate of drug-likeness (QED) is 0.526. The van der Waals surface area contributed by atoms with Gasteiger partial charge in [0.1, 0.15) is 11.5 Å². The molecule has 7 nitrogen and oxygen atoms in total. The molecule has 1 aliphatic rings. The number of carbonyl (C=O) groups excluding carboxylic acids is 1. The highest BCUT2D eigenvalue weighted by Crippen LogP contribution is 2.37. The van der Waals surface area contributed by atoms with Crippen molar-refractivity contribution in [3.05, 3.63) is 44.3 Å². The summed E-state index contributed by atoms with van der Waals surface area (Å²) in [7, 11) is 1.52. The summed E-state index contributed by atoms with van der Waals surface area (Å²) in [5, 5.41) is 13.9. The Morgan fingerprint density at radius 2 is 2.00 bits per heavy atom. The Kier molecular flexibility index (Phi) is 5.14. The second-order valence-electron chi connectivity index (χ2n) is 4.93. The Labute approximate surface area is 159 Å². The number of phenols is 1. The van der Waals surface area contributed by atoms with E-state index in [9.17, 15) is 9.90 Å². The number of ether oxygens (including phenoxy) is 3. The predicted molar refractivity (Wildman–Crippen MR) is 97.7 cm³/mol. The minimum absolute atomic E-state index is 0.0797. The lowest BCUT2D eigenvalue weighted by molar-refractivity contribution is 0.0952. The number of halogens is 2. The number of nitrogens with one attached hydrogen (secondary N) is 1. The maximum Gasteiger partial charge on any atom is 0.275 e. The van der Waals surface area contributed by atoms with Gasteiger partial charge in [-0.25, -0.2) is 5.43 Å². The number of carbonyl (C=O) groups is 1. The van der Waals surface area contributed by atoms with Crippen molar-refractivity contribution in [3.63, 3.8) is 0 Å². The summed E-state index contributed by atoms with van der Waals surface area (Å²) in [6, 6.07) is 6.51. The SMILES string of the molecule is COc1cc2c(cc1/C=N/NC(=O)c1cc(Br)cc(Br)c1O)OCO2. The molecule has 0 aliphatic carbocycles. The standard InChI is InChI=1S/C16H12Br2N2O5/c1-23-12-5-14-13(24-7-25-14)2-8(12)6-19-20-16(22)10-3-9(17)4-11(18)15(10)21/h2-6,21H,7H2,1H3,(H,20,22)/b19-6+. The molecule has 1 heterocycles. The molecule has 2 aromatic rings. The van der Waals surface area contributed by atoms with Crippen LogP contribution >= 0.6 is 31.9 Å². The fraction of sp³-hybridized carbons (Fsp3) is 0.125. The number of fused-ring (bicyclic) bond motifs is 1. The van der Waals surface area contributed by atoms with Crippen molar-refractivity contribution >= 4 is 44.0 Å². The zero-order chi connectivity index (χ0) is 18.0. The van der Waals surface area contributed by atoms with E-state index in [1.165, 1.54) is 19.4 Å². The third-order valence-electron chi connectivity index (χ3n) is 3.37. The van der Waals surface area contributed by atoms with Gasteiger partial charge in [0, 0.05) is 16.1 Å². The van der Waals surface area contributed by atoms with Crippen molar-refractivity contribution < 1.29 is 24.1 Å². The topological polar surface area (TPSA) is 89.4 Å². The Morgan fingerprint density at radius 1 is 1.28 bits per heavy atom. The molecule has 0 saturated heterocycles. The van der Waals surface area contributed by atoms with Gasteiger partial charge in [0.05, 0.1) is 23.4 Å². The first-order valence-corrected chi connectivity index (χ1v) is 8.57. The maximum absolute atomic E-state index is 12.2. The second-order valence-corrected chi connectivity index (χ2v) is 6.70. The fourth-order valence-corrected chi connectivity index (χ4v) is 3.40. The second kappa shape index (κ2) is 7.32. The Morgan fingerprint density at radius 3 is 2.72 bits per heavy atom. The Balaban J connectivity index is 1.79. The van der Waals surface area contributed by atoms with Crippen LogP contribution < -0.4 is 19.6 Å². The summed E-state index contributed by atoms with van der Waals surface area (Å²) < 4.78 is 16.9. The lowest BCUT2D eigenvalue weighted by atomic mass is 10.2. The molecule has 0 saturated carbocycles. The highest BCUT2D eigenvalue weighted by Gasteiger charge is 2.17. The van der Waals surface area contributed by atoms with Gasteiger partial charge in [-0.05, 0) is 34.1 Å². The summed E-state index contributed by atoms with van der Waals surface area (Å²) >= 11 is 6.44. The Hall–Kier alpha value is -2.26. The lowest BCUT2D eigenvalue weighted by Crippen LogP contribution is -2.18. The van der Waals surface area contributed by atoms with Gasteiger partial charge in [0.2, 0.25) is 6.79 Å². The van der Waals surface area contributed by atoms with E-state index in [1.807, 2.05) is 0 Å². The largest absolute Gasteiger partial charge is 0.506 e. The smallest absolute Gasteiger partial charge is 0.275 e. The van der Waals surface area contributed by atoms with Gasteiger partial charge in [-0.3, -0.25) is 4.79 Å². The number of phenolic OH excluding ortho intramolecular Hbond substituents is 1. The van der Waals surface area contributed by atoms with Crippen molar-refractivity contribution in [2.24, 2.45) is 5.10 Å². The summed E-state index contributed by atoms with van der Waals surface area (Å²) in [6.45, 7) is 0.146. The molecule has 2 aromatic carbocycles. The van der Waals surface area contributed by atoms with Gasteiger partial charge in [0.25, 0.3) is 5.91 Å². The van der Waals surface area contributed by atoms with E-state index in [0.717, 1.165) is 0 Å². The average molecular weight is 472 g/mol. The molecule has 0 atom stereocenters. The molecule has 0 spiro atoms. The van der Waals surface area contributed by atoms with E-state index in [-0.39, 0.29) is 18.1 Å². The zero-order valence-corrected chi connectivity index (χ0v) is 16.0. The summed E-state index contributed by atoms with van der Waals surface area (Å²) in [6.07, 6.45) is 1.42. The average Bonchev–Trinajstić information content (AvgIpc) is 3.04. The monoisotopic (exact) mass is 470 g/mol. The molecule has 0 fully saturated rings. The highest BCUT2D eigenvalue weighted by atomic mass is 79.9. The molecule has 0 bridgehead atoms. The van der Waals surface area contributed by atoms with E-state index in [1.54, 1.807) is 18.2 Å². The van der Waals surface area contributed by atoms with Gasteiger partial charge in [0.15, 0.2) is 11.5 Å². The van der Waals surface area contributed by atoms with Crippen LogP contribution in [0.2, 0.25) is 0 Å². The van der Waals surface area contributed by atoms with Crippen LogP contribution in [0.5, 0.6) is 23.0 Å². The molecule has 2 N–H and O–H groups in total. The van der Waals surface area contributed by atoms with Crippen LogP contribution in [-0.2, 0) is 0 Å². The van der Waals surface area contributed by atoms with Crippen molar-refractivity contribution in [1.29, 1.82) is 0 Å². The van der Waals surface area contributed by atoms with Crippen LogP contribution in [-0.4, -0.2) is 31.1 Å². The van der Waals surface area contributed by atoms with Crippen LogP contribution in [0.25, 0.3) is 0 Å². The molecule has 0 aromatic heterocycles. The number of nitrogens with zero attached hydrogens (tertiary/aromatic N) is 1. The number of benzene rings is 2. The Bertz CT molecular complexity index is 870. The number of aromatic hydroxyl groups is 1. The van der Waals surface area contributed by atoms with Gasteiger partial charge in [-0.15, -0.1) is 0 Å². The molecule has 130 valence electrons. The van der Waals surface area contributed by atoms with Gasteiger partial charge in [-0.1, -0.05) is 15.9 Å². The van der Waals surface area contributed by atoms with Crippen molar-refractivity contribution in [2.75, 3.05) is 13.9 Å². The molecular formula is C16H12Br2N2O5. The number of hydrogen-bond donors (Lipinski definition) is 2. The molecule has 0 radical (unpaired) electrons. The van der Waals surface area contributed by atoms with Crippen molar-refractivity contribution in [2.45, 2.75) is 0 Å². The number of rotatable bonds is 4. The summed E-state index contributed by atoms with van der Waals surface area (Å²) in [5.74, 6) is 0.950. The fourth-order valence-electron chi connectivity index (χ4n) is 2.18. The van der Waals surface area contributed by atoms with Crippen LogP contribution in [0.4, 0.5) is 0 Å². The van der Waals surface area contributed by atoms with E-state index < -0.39 is 5.91 Å². The number of amides is 1. The molecule has 9 heteroatoms. The van der Waals surface area contributed by atoms with Gasteiger partial charge >= 0.3 is 0 Å². The number of hydrazone groups is 1. The predicted octanol–water partition coefficient (Wildman–Crippen LogP) is 3.42. The van der Waals surface area contributed by atoms with Gasteiger partial charge in [-0.2, -0.15) is 5.10 Å². The number of methoxy groups -OCH3 is 1. The van der Waals surface area contributed by atoms with Crippen LogP contribution in [0, 0.1) is 0 Å². The maximum atomic E-state index is 12.2. The normalized spacial score (nSPS) is 12.4. The van der Waals surface area contributed by atoms with Crippen LogP contribution in [0.15, 0.2) is 38.3 Å². The van der Waals surface area contributed by atoms with E-state index in [2.05, 4.69) is 42.4 Å². The first kappa shape index (κ1) is 17.6. The molecule has 3 rings (SSSR count). The third kappa shape index (κ3) is 3.72. The zero-order valence-electron chi connectivity index (χ0n) is 12.9. The minimum Gasteiger partial charge on any atom is -0.506 e. The van der Waals surface area contributed by atoms with Crippen molar-refractivity contribution in [3.8, 4) is 23.0 Å². The molecule has 25 heavy (non-hydrogen) atoms. The molecule has 1 amide bonds. The summed E-state index contributed by atoms with van der Waals surface area (Å²) in [4.78, 5) is 12.2. The molecule has 1 aliphatic heterocycles. The van der Waals surface area contributed by atoms with E-state index >= 15 is 0 Å². The van der Waals surface area contributed by atoms with Crippen LogP contribution in [0.3, 0.4) is 0 Å². The van der Waals surface area contributed by atoms with Crippen molar-refractivity contribution in [1.82, 2.24) is 5.43 Å². The lowest BCUT2D eigenvalue weighted by Gasteiger charge is -2.07. The summed E-state index contributed by atoms with van der Waals surface area (Å²) in [5.41, 5.74) is 3.05. The first-order chi connectivity index (χ1) is 12.0. The molecular weight excluding hydrogens is 460 g/mol.